The number of esters is 1. The summed E-state index contributed by atoms with van der Waals surface area (Å²) in [4.78, 5) is 42.3. The van der Waals surface area contributed by atoms with Crippen molar-refractivity contribution in [2.24, 2.45) is 4.99 Å². The number of fused-ring (bicyclic) bond motifs is 1. The SMILES string of the molecule is CCOC(=O)C1=C(C)N=c2s/c(=C\c3ccc([N+](=O)[O-])cc3)c(=O)n2[C@H]1c1ccc(OC(C)C)c(OC)c1. The molecule has 4 rings (SSSR count). The Kier molecular flexibility index (Phi) is 7.77. The van der Waals surface area contributed by atoms with Crippen molar-refractivity contribution in [2.45, 2.75) is 39.8 Å². The number of carbonyl (C=O) groups is 1. The van der Waals surface area contributed by atoms with Crippen LogP contribution in [-0.2, 0) is 9.53 Å². The number of nitrogens with zero attached hydrogens (tertiary/aromatic N) is 3. The van der Waals surface area contributed by atoms with Gasteiger partial charge in [0.15, 0.2) is 16.3 Å². The quantitative estimate of drug-likeness (QED) is 0.245. The molecule has 11 heteroatoms. The van der Waals surface area contributed by atoms with Gasteiger partial charge in [-0.25, -0.2) is 9.79 Å². The number of rotatable bonds is 8. The van der Waals surface area contributed by atoms with Gasteiger partial charge in [-0.05, 0) is 69.2 Å². The summed E-state index contributed by atoms with van der Waals surface area (Å²) in [5, 5.41) is 11.0. The molecule has 3 aromatic rings. The maximum absolute atomic E-state index is 13.7. The molecule has 0 unspecified atom stereocenters. The van der Waals surface area contributed by atoms with Crippen LogP contribution in [0.5, 0.6) is 11.5 Å². The number of allylic oxidation sites excluding steroid dienone is 1. The predicted molar refractivity (Wildman–Crippen MR) is 142 cm³/mol. The Morgan fingerprint density at radius 3 is 2.53 bits per heavy atom. The third-order valence-electron chi connectivity index (χ3n) is 5.78. The number of carbonyl (C=O) groups excluding carboxylic acids is 1. The van der Waals surface area contributed by atoms with Gasteiger partial charge < -0.3 is 14.2 Å². The monoisotopic (exact) mass is 537 g/mol. The minimum atomic E-state index is -0.814. The Morgan fingerprint density at radius 2 is 1.92 bits per heavy atom. The molecule has 0 saturated heterocycles. The molecule has 0 radical (unpaired) electrons. The lowest BCUT2D eigenvalue weighted by Crippen LogP contribution is -2.40. The second kappa shape index (κ2) is 11.0. The first-order valence-corrected chi connectivity index (χ1v) is 12.7. The van der Waals surface area contributed by atoms with Gasteiger partial charge >= 0.3 is 5.97 Å². The summed E-state index contributed by atoms with van der Waals surface area (Å²) in [5.74, 6) is 0.433. The fourth-order valence-electron chi connectivity index (χ4n) is 4.16. The van der Waals surface area contributed by atoms with Crippen molar-refractivity contribution in [1.29, 1.82) is 0 Å². The van der Waals surface area contributed by atoms with Crippen LogP contribution < -0.4 is 24.4 Å². The van der Waals surface area contributed by atoms with E-state index in [-0.39, 0.29) is 29.5 Å². The van der Waals surface area contributed by atoms with Crippen molar-refractivity contribution in [3.63, 3.8) is 0 Å². The van der Waals surface area contributed by atoms with Crippen molar-refractivity contribution in [3.05, 3.63) is 94.7 Å². The number of nitro benzene ring substituents is 1. The van der Waals surface area contributed by atoms with Gasteiger partial charge in [0.2, 0.25) is 0 Å². The normalized spacial score (nSPS) is 15.2. The number of hydrogen-bond donors (Lipinski definition) is 0. The highest BCUT2D eigenvalue weighted by Crippen LogP contribution is 2.36. The summed E-state index contributed by atoms with van der Waals surface area (Å²) in [6, 6.07) is 10.4. The van der Waals surface area contributed by atoms with Crippen LogP contribution in [0, 0.1) is 10.1 Å². The first-order valence-electron chi connectivity index (χ1n) is 11.9. The summed E-state index contributed by atoms with van der Waals surface area (Å²) >= 11 is 1.17. The Morgan fingerprint density at radius 1 is 1.21 bits per heavy atom. The number of thiazole rings is 1. The van der Waals surface area contributed by atoms with Gasteiger partial charge in [-0.3, -0.25) is 19.5 Å². The average molecular weight is 538 g/mol. The second-order valence-electron chi connectivity index (χ2n) is 8.73. The first kappa shape index (κ1) is 26.8. The van der Waals surface area contributed by atoms with Crippen LogP contribution >= 0.6 is 11.3 Å². The van der Waals surface area contributed by atoms with E-state index in [1.807, 2.05) is 13.8 Å². The van der Waals surface area contributed by atoms with E-state index in [4.69, 9.17) is 14.2 Å². The number of hydrogen-bond acceptors (Lipinski definition) is 9. The zero-order chi connectivity index (χ0) is 27.6. The van der Waals surface area contributed by atoms with E-state index in [2.05, 4.69) is 4.99 Å². The van der Waals surface area contributed by atoms with Gasteiger partial charge in [-0.1, -0.05) is 17.4 Å². The highest BCUT2D eigenvalue weighted by Gasteiger charge is 2.34. The number of aromatic nitrogens is 1. The van der Waals surface area contributed by atoms with E-state index in [0.717, 1.165) is 0 Å². The molecular formula is C27H27N3O7S. The Bertz CT molecular complexity index is 1600. The highest BCUT2D eigenvalue weighted by atomic mass is 32.1. The fraction of sp³-hybridized carbons (Fsp3) is 0.296. The van der Waals surface area contributed by atoms with Gasteiger partial charge in [-0.15, -0.1) is 0 Å². The van der Waals surface area contributed by atoms with Crippen molar-refractivity contribution in [2.75, 3.05) is 13.7 Å². The third kappa shape index (κ3) is 5.23. The predicted octanol–water partition coefficient (Wildman–Crippen LogP) is 3.50. The van der Waals surface area contributed by atoms with E-state index in [0.29, 0.717) is 37.7 Å². The topological polar surface area (TPSA) is 122 Å². The van der Waals surface area contributed by atoms with Crippen molar-refractivity contribution in [1.82, 2.24) is 4.57 Å². The molecule has 1 aromatic heterocycles. The molecule has 0 spiro atoms. The molecule has 1 aliphatic heterocycles. The molecule has 0 bridgehead atoms. The standard InChI is InChI=1S/C27H27N3O7S/c1-6-36-26(32)23-16(4)28-27-29(24(23)18-9-12-20(37-15(2)3)21(14-18)35-5)25(31)22(38-27)13-17-7-10-19(11-8-17)30(33)34/h7-15,24H,6H2,1-5H3/b22-13-/t24-/m0/s1. The minimum Gasteiger partial charge on any atom is -0.493 e. The maximum Gasteiger partial charge on any atom is 0.338 e. The lowest BCUT2D eigenvalue weighted by Gasteiger charge is -2.25. The molecule has 0 N–H and O–H groups in total. The number of benzene rings is 2. The summed E-state index contributed by atoms with van der Waals surface area (Å²) in [6.45, 7) is 7.39. The molecule has 0 saturated carbocycles. The van der Waals surface area contributed by atoms with E-state index in [1.165, 1.54) is 35.1 Å². The molecule has 198 valence electrons. The average Bonchev–Trinajstić information content (AvgIpc) is 3.17. The number of ether oxygens (including phenoxy) is 3. The van der Waals surface area contributed by atoms with Gasteiger partial charge in [0.1, 0.15) is 0 Å². The second-order valence-corrected chi connectivity index (χ2v) is 9.74. The van der Waals surface area contributed by atoms with Crippen LogP contribution in [-0.4, -0.2) is 35.3 Å². The summed E-state index contributed by atoms with van der Waals surface area (Å²) in [5.41, 5.74) is 1.54. The molecule has 0 amide bonds. The van der Waals surface area contributed by atoms with Crippen LogP contribution in [0.4, 0.5) is 5.69 Å². The van der Waals surface area contributed by atoms with Gasteiger partial charge in [0.25, 0.3) is 11.2 Å². The van der Waals surface area contributed by atoms with Crippen LogP contribution in [0.1, 0.15) is 44.9 Å². The van der Waals surface area contributed by atoms with E-state index in [1.54, 1.807) is 50.3 Å². The van der Waals surface area contributed by atoms with Crippen molar-refractivity contribution in [3.8, 4) is 11.5 Å². The van der Waals surface area contributed by atoms with Crippen molar-refractivity contribution < 1.29 is 23.9 Å². The molecule has 0 fully saturated rings. The Balaban J connectivity index is 1.91. The molecule has 10 nitrogen and oxygen atoms in total. The number of nitro groups is 1. The van der Waals surface area contributed by atoms with Gasteiger partial charge in [0.05, 0.1) is 46.6 Å². The maximum atomic E-state index is 13.7. The molecule has 2 heterocycles. The fourth-order valence-corrected chi connectivity index (χ4v) is 5.20. The lowest BCUT2D eigenvalue weighted by atomic mass is 9.95. The van der Waals surface area contributed by atoms with E-state index in [9.17, 15) is 19.7 Å². The van der Waals surface area contributed by atoms with Gasteiger partial charge in [-0.2, -0.15) is 0 Å². The van der Waals surface area contributed by atoms with Gasteiger partial charge in [0, 0.05) is 12.1 Å². The lowest BCUT2D eigenvalue weighted by molar-refractivity contribution is -0.384. The first-order chi connectivity index (χ1) is 18.1. The molecule has 2 aromatic carbocycles. The van der Waals surface area contributed by atoms with Crippen LogP contribution in [0.15, 0.2) is 63.5 Å². The number of methoxy groups -OCH3 is 1. The molecule has 0 aliphatic carbocycles. The Labute approximate surface area is 222 Å². The van der Waals surface area contributed by atoms with Crippen LogP contribution in [0.25, 0.3) is 6.08 Å². The number of non-ortho nitro benzene ring substituents is 1. The molecule has 38 heavy (non-hydrogen) atoms. The summed E-state index contributed by atoms with van der Waals surface area (Å²) in [7, 11) is 1.52. The molecule has 1 atom stereocenters. The van der Waals surface area contributed by atoms with E-state index >= 15 is 0 Å². The molecule has 1 aliphatic rings. The smallest absolute Gasteiger partial charge is 0.338 e. The third-order valence-corrected chi connectivity index (χ3v) is 6.77. The highest BCUT2D eigenvalue weighted by molar-refractivity contribution is 7.07. The minimum absolute atomic E-state index is 0.0443. The van der Waals surface area contributed by atoms with Crippen LogP contribution in [0.3, 0.4) is 0 Å². The van der Waals surface area contributed by atoms with E-state index < -0.39 is 16.9 Å². The largest absolute Gasteiger partial charge is 0.493 e. The summed E-state index contributed by atoms with van der Waals surface area (Å²) in [6.07, 6.45) is 1.57. The zero-order valence-electron chi connectivity index (χ0n) is 21.6. The summed E-state index contributed by atoms with van der Waals surface area (Å²) < 4.78 is 18.6. The Hall–Kier alpha value is -4.25. The van der Waals surface area contributed by atoms with Crippen molar-refractivity contribution >= 4 is 29.1 Å². The zero-order valence-corrected chi connectivity index (χ0v) is 22.4. The van der Waals surface area contributed by atoms with Crippen LogP contribution in [0.2, 0.25) is 0 Å². The molecular weight excluding hydrogens is 510 g/mol.